The number of fused-ring (bicyclic) bond motifs is 3. The average molecular weight is 1240 g/mol. The number of amides is 1. The number of nitrogens with zero attached hydrogens (tertiary/aromatic N) is 5. The number of thiophene rings is 4. The first kappa shape index (κ1) is 64.1. The number of carbonyl (C=O) groups is 1. The average Bonchev–Trinajstić information content (AvgIpc) is 2.41. The van der Waals surface area contributed by atoms with E-state index >= 15 is 0 Å². The number of hydrogen-bond donors (Lipinski definition) is 0. The summed E-state index contributed by atoms with van der Waals surface area (Å²) in [7, 11) is 0.704. The number of aromatic nitrogens is 1. The summed E-state index contributed by atoms with van der Waals surface area (Å²) in [5.41, 5.74) is 13.6. The molecular weight excluding hydrogens is 1160 g/mol. The van der Waals surface area contributed by atoms with Gasteiger partial charge in [0.1, 0.15) is 11.6 Å². The van der Waals surface area contributed by atoms with Crippen LogP contribution in [0.15, 0.2) is 115 Å². The monoisotopic (exact) mass is 1240 g/mol. The molecule has 448 valence electrons. The molecule has 0 atom stereocenters. The lowest BCUT2D eigenvalue weighted by molar-refractivity contribution is -0.114. The number of anilines is 2. The Morgan fingerprint density at radius 3 is 1.59 bits per heavy atom. The van der Waals surface area contributed by atoms with Gasteiger partial charge in [0.2, 0.25) is 0 Å². The third-order valence-corrected chi connectivity index (χ3v) is 23.9. The summed E-state index contributed by atoms with van der Waals surface area (Å²) >= 11 is 7.42. The Hall–Kier alpha value is -6.43. The first-order valence-electron chi connectivity index (χ1n) is 31.1. The van der Waals surface area contributed by atoms with Gasteiger partial charge in [-0.05, 0) is 177 Å². The second-order valence-electron chi connectivity index (χ2n) is 22.2. The molecule has 0 fully saturated rings. The van der Waals surface area contributed by atoms with E-state index in [1.54, 1.807) is 41.7 Å². The quantitative estimate of drug-likeness (QED) is 0.0191. The van der Waals surface area contributed by atoms with Crippen LogP contribution in [-0.4, -0.2) is 59.4 Å². The van der Waals surface area contributed by atoms with Crippen LogP contribution >= 0.6 is 45.3 Å². The third kappa shape index (κ3) is 14.3. The molecule has 9 nitrogen and oxygen atoms in total. The molecule has 0 spiro atoms. The van der Waals surface area contributed by atoms with Crippen molar-refractivity contribution in [3.63, 3.8) is 0 Å². The van der Waals surface area contributed by atoms with Gasteiger partial charge in [-0.3, -0.25) is 4.79 Å². The molecule has 0 aliphatic heterocycles. The van der Waals surface area contributed by atoms with Crippen molar-refractivity contribution in [1.82, 2.24) is 4.57 Å². The highest BCUT2D eigenvalue weighted by atomic mass is 32.1. The molecule has 1 amide bonds. The zero-order chi connectivity index (χ0) is 60.9. The number of carbonyl (C=O) groups excluding carboxylic acids is 1. The van der Waals surface area contributed by atoms with E-state index in [1.165, 1.54) is 121 Å². The van der Waals surface area contributed by atoms with Crippen molar-refractivity contribution < 1.29 is 18.1 Å². The maximum Gasteiger partial charge on any atom is 0.521 e. The van der Waals surface area contributed by atoms with Crippen molar-refractivity contribution in [2.45, 2.75) is 139 Å². The zero-order valence-electron chi connectivity index (χ0n) is 52.0. The highest BCUT2D eigenvalue weighted by molar-refractivity contribution is 7.29. The second-order valence-corrected chi connectivity index (χ2v) is 29.0. The fourth-order valence-corrected chi connectivity index (χ4v) is 19.4. The van der Waals surface area contributed by atoms with Crippen LogP contribution in [0.1, 0.15) is 139 Å². The van der Waals surface area contributed by atoms with E-state index in [-0.39, 0.29) is 11.7 Å². The van der Waals surface area contributed by atoms with Gasteiger partial charge in [0, 0.05) is 113 Å². The lowest BCUT2D eigenvalue weighted by Gasteiger charge is -2.33. The third-order valence-electron chi connectivity index (χ3n) is 15.7. The normalized spacial score (nSPS) is 11.9. The summed E-state index contributed by atoms with van der Waals surface area (Å²) in [5, 5.41) is 23.4. The lowest BCUT2D eigenvalue weighted by atomic mass is 10.0. The number of hydrogen-bond acceptors (Lipinski definition) is 11. The Bertz CT molecular complexity index is 3880. The van der Waals surface area contributed by atoms with E-state index in [0.717, 1.165) is 73.2 Å². The van der Waals surface area contributed by atoms with Crippen LogP contribution in [0.25, 0.3) is 78.7 Å². The van der Waals surface area contributed by atoms with Crippen molar-refractivity contribution in [2.24, 2.45) is 0 Å². The fraction of sp³-hybridized carbons (Fsp3) is 0.375. The van der Waals surface area contributed by atoms with Crippen molar-refractivity contribution >= 4 is 99.3 Å². The summed E-state index contributed by atoms with van der Waals surface area (Å²) in [5.74, 6) is -0.507. The van der Waals surface area contributed by atoms with E-state index in [2.05, 4.69) is 155 Å². The molecule has 4 aromatic carbocycles. The summed E-state index contributed by atoms with van der Waals surface area (Å²) in [4.78, 5) is 28.6. The van der Waals surface area contributed by atoms with Crippen LogP contribution in [-0.2, 0) is 50.3 Å². The zero-order valence-corrected chi connectivity index (χ0v) is 56.3. The molecule has 5 heterocycles. The van der Waals surface area contributed by atoms with Gasteiger partial charge >= 0.3 is 8.80 Å². The number of aryl methyl sites for hydroxylation is 5. The van der Waals surface area contributed by atoms with Crippen molar-refractivity contribution in [3.8, 4) is 63.0 Å². The standard InChI is InChI=1S/C72H83N5O4S4Si/c1-11-19-20-21-37-76-62-35-31-51(50-29-33-58(34-30-50)75(9)10)39-60(62)61-40-53(32-36-63(61)76)65-42-54(24-13-3)70(83-65)67-44-56(26-15-5)71(85-67)68-43-55(25-14-4)69(84-68)66-41-52(23-12-2)64(82-66)45-57(47-74)72(78)77(59-28-22-27-49(38-59)46-73)48-86(79-16-6,80-17-7)81-18-8/h22,27-36,38-45H,11-21,23-26,37,48H2,1-10H3/b57-45+. The van der Waals surface area contributed by atoms with Gasteiger partial charge < -0.3 is 27.6 Å². The molecular formula is C72H83N5O4S4Si. The minimum Gasteiger partial charge on any atom is -0.378 e. The first-order chi connectivity index (χ1) is 41.9. The molecule has 0 N–H and O–H groups in total. The Kier molecular flexibility index (Phi) is 22.3. The predicted molar refractivity (Wildman–Crippen MR) is 370 cm³/mol. The van der Waals surface area contributed by atoms with Gasteiger partial charge in [0.15, 0.2) is 0 Å². The van der Waals surface area contributed by atoms with Gasteiger partial charge in [-0.25, -0.2) is 0 Å². The topological polar surface area (TPSA) is 104 Å². The highest BCUT2D eigenvalue weighted by Gasteiger charge is 2.45. The van der Waals surface area contributed by atoms with Crippen LogP contribution in [0.3, 0.4) is 0 Å². The first-order valence-corrected chi connectivity index (χ1v) is 36.3. The van der Waals surface area contributed by atoms with Crippen LogP contribution in [0, 0.1) is 22.7 Å². The highest BCUT2D eigenvalue weighted by Crippen LogP contribution is 2.50. The van der Waals surface area contributed by atoms with Gasteiger partial charge in [-0.2, -0.15) is 10.5 Å². The summed E-state index contributed by atoms with van der Waals surface area (Å²) < 4.78 is 21.3. The van der Waals surface area contributed by atoms with E-state index in [4.69, 9.17) is 13.3 Å². The Morgan fingerprint density at radius 1 is 0.547 bits per heavy atom. The largest absolute Gasteiger partial charge is 0.521 e. The van der Waals surface area contributed by atoms with E-state index < -0.39 is 14.7 Å². The molecule has 0 saturated heterocycles. The summed E-state index contributed by atoms with van der Waals surface area (Å²) in [6.07, 6.45) is 14.4. The molecule has 0 aliphatic rings. The Balaban J connectivity index is 1.09. The van der Waals surface area contributed by atoms with Gasteiger partial charge in [0.25, 0.3) is 5.91 Å². The smallest absolute Gasteiger partial charge is 0.378 e. The van der Waals surface area contributed by atoms with Gasteiger partial charge in [-0.15, -0.1) is 45.3 Å². The van der Waals surface area contributed by atoms with E-state index in [0.29, 0.717) is 31.1 Å². The number of nitriles is 2. The van der Waals surface area contributed by atoms with Crippen molar-refractivity contribution in [2.75, 3.05) is 49.9 Å². The molecule has 0 radical (unpaired) electrons. The van der Waals surface area contributed by atoms with Crippen molar-refractivity contribution in [1.29, 1.82) is 10.5 Å². The molecule has 0 saturated carbocycles. The summed E-state index contributed by atoms with van der Waals surface area (Å²) in [6.45, 7) is 18.9. The van der Waals surface area contributed by atoms with Gasteiger partial charge in [-0.1, -0.05) is 110 Å². The maximum absolute atomic E-state index is 15.0. The van der Waals surface area contributed by atoms with Crippen LogP contribution in [0.5, 0.6) is 0 Å². The number of benzene rings is 4. The van der Waals surface area contributed by atoms with Gasteiger partial charge in [0.05, 0.1) is 17.8 Å². The summed E-state index contributed by atoms with van der Waals surface area (Å²) in [6, 6.07) is 44.3. The molecule has 0 unspecified atom stereocenters. The van der Waals surface area contributed by atoms with Crippen LogP contribution in [0.4, 0.5) is 11.4 Å². The molecule has 14 heteroatoms. The van der Waals surface area contributed by atoms with E-state index in [9.17, 15) is 15.3 Å². The predicted octanol–water partition coefficient (Wildman–Crippen LogP) is 20.2. The van der Waals surface area contributed by atoms with Crippen molar-refractivity contribution in [3.05, 3.63) is 147 Å². The molecule has 86 heavy (non-hydrogen) atoms. The molecule has 9 rings (SSSR count). The van der Waals surface area contributed by atoms with Crippen LogP contribution < -0.4 is 9.80 Å². The molecule has 0 aliphatic carbocycles. The fourth-order valence-electron chi connectivity index (χ4n) is 11.7. The molecule has 0 bridgehead atoms. The molecule has 5 aromatic heterocycles. The molecule has 9 aromatic rings. The number of rotatable bonds is 30. The Morgan fingerprint density at radius 2 is 1.06 bits per heavy atom. The van der Waals surface area contributed by atoms with Crippen LogP contribution in [0.2, 0.25) is 0 Å². The minimum atomic E-state index is -3.48. The minimum absolute atomic E-state index is 0.0154. The number of unbranched alkanes of at least 4 members (excludes halogenated alkanes) is 3. The van der Waals surface area contributed by atoms with E-state index in [1.807, 2.05) is 54.8 Å². The lowest BCUT2D eigenvalue weighted by Crippen LogP contribution is -2.57. The maximum atomic E-state index is 15.0. The second kappa shape index (κ2) is 30.0. The Labute approximate surface area is 528 Å². The SMILES string of the molecule is CCCCCCn1c2ccc(-c3ccc(N(C)C)cc3)cc2c2cc(-c3cc(CCC)c(-c4cc(CCC)c(-c5cc(CCC)c(-c6cc(CCC)c(/C=C(\C#N)C(=O)N(C[Si](OCC)(OCC)OCC)c7cccc(C#N)c7)s6)s5)s4)s3)ccc21.